The first kappa shape index (κ1) is 23.7. The monoisotopic (exact) mass is 468 g/mol. The van der Waals surface area contributed by atoms with E-state index < -0.39 is 0 Å². The van der Waals surface area contributed by atoms with Gasteiger partial charge in [0.25, 0.3) is 5.91 Å². The second kappa shape index (κ2) is 11.6. The Morgan fingerprint density at radius 3 is 2.24 bits per heavy atom. The van der Waals surface area contributed by atoms with E-state index in [0.29, 0.717) is 34.3 Å². The number of anilines is 2. The Bertz CT molecular complexity index is 1100. The molecule has 0 aliphatic heterocycles. The Labute approximate surface area is 195 Å². The highest BCUT2D eigenvalue weighted by atomic mass is 32.1. The predicted molar refractivity (Wildman–Crippen MR) is 126 cm³/mol. The lowest BCUT2D eigenvalue weighted by atomic mass is 10.2. The molecule has 33 heavy (non-hydrogen) atoms. The lowest BCUT2D eigenvalue weighted by molar-refractivity contribution is -0.124. The molecule has 0 bridgehead atoms. The maximum Gasteiger partial charge on any atom is 0.265 e. The van der Waals surface area contributed by atoms with Gasteiger partial charge in [-0.2, -0.15) is 0 Å². The standard InChI is InChI=1S/C23H24N4O5S/c1-31-18-12-17(27-23(30)20-6-4-10-33-20)19(32-2)11-16(18)26-22(29)8-7-21(28)25-14-15-5-3-9-24-13-15/h3-6,9-13H,7-8,14H2,1-2H3,(H,25,28)(H,26,29)(H,27,30). The van der Waals surface area contributed by atoms with E-state index in [4.69, 9.17) is 9.47 Å². The van der Waals surface area contributed by atoms with E-state index in [9.17, 15) is 14.4 Å². The molecule has 2 heterocycles. The average Bonchev–Trinajstić information content (AvgIpc) is 3.38. The van der Waals surface area contributed by atoms with Gasteiger partial charge < -0.3 is 25.4 Å². The first-order chi connectivity index (χ1) is 16.0. The first-order valence-corrected chi connectivity index (χ1v) is 10.9. The van der Waals surface area contributed by atoms with E-state index in [1.54, 1.807) is 42.7 Å². The van der Waals surface area contributed by atoms with Gasteiger partial charge in [-0.1, -0.05) is 12.1 Å². The quantitative estimate of drug-likeness (QED) is 0.419. The Morgan fingerprint density at radius 1 is 0.939 bits per heavy atom. The number of benzene rings is 1. The molecule has 3 N–H and O–H groups in total. The summed E-state index contributed by atoms with van der Waals surface area (Å²) in [6, 6.07) is 10.3. The number of hydrogen-bond donors (Lipinski definition) is 3. The van der Waals surface area contributed by atoms with E-state index in [0.717, 1.165) is 5.56 Å². The van der Waals surface area contributed by atoms with Crippen LogP contribution in [0.5, 0.6) is 11.5 Å². The fourth-order valence-electron chi connectivity index (χ4n) is 2.92. The van der Waals surface area contributed by atoms with Crippen molar-refractivity contribution in [2.75, 3.05) is 24.9 Å². The second-order valence-electron chi connectivity index (χ2n) is 6.87. The summed E-state index contributed by atoms with van der Waals surface area (Å²) in [7, 11) is 2.91. The Kier molecular flexibility index (Phi) is 8.36. The van der Waals surface area contributed by atoms with Crippen molar-refractivity contribution in [1.82, 2.24) is 10.3 Å². The summed E-state index contributed by atoms with van der Waals surface area (Å²) in [4.78, 5) is 41.4. The maximum atomic E-state index is 12.4. The van der Waals surface area contributed by atoms with Crippen molar-refractivity contribution in [3.05, 3.63) is 64.6 Å². The number of carbonyl (C=O) groups is 3. The van der Waals surface area contributed by atoms with Gasteiger partial charge in [-0.3, -0.25) is 19.4 Å². The number of pyridine rings is 1. The van der Waals surface area contributed by atoms with Crippen molar-refractivity contribution in [1.29, 1.82) is 0 Å². The van der Waals surface area contributed by atoms with Crippen LogP contribution in [0.2, 0.25) is 0 Å². The van der Waals surface area contributed by atoms with Crippen LogP contribution in [0.4, 0.5) is 11.4 Å². The molecule has 10 heteroatoms. The summed E-state index contributed by atoms with van der Waals surface area (Å²) in [5, 5.41) is 10.1. The Balaban J connectivity index is 1.59. The van der Waals surface area contributed by atoms with Crippen LogP contribution in [-0.2, 0) is 16.1 Å². The lowest BCUT2D eigenvalue weighted by Gasteiger charge is -2.16. The Morgan fingerprint density at radius 2 is 1.64 bits per heavy atom. The van der Waals surface area contributed by atoms with Crippen molar-refractivity contribution < 1.29 is 23.9 Å². The van der Waals surface area contributed by atoms with E-state index in [1.807, 2.05) is 11.4 Å². The maximum absolute atomic E-state index is 12.4. The summed E-state index contributed by atoms with van der Waals surface area (Å²) in [5.41, 5.74) is 1.64. The second-order valence-corrected chi connectivity index (χ2v) is 7.82. The van der Waals surface area contributed by atoms with E-state index in [1.165, 1.54) is 25.6 Å². The van der Waals surface area contributed by atoms with Gasteiger partial charge in [-0.15, -0.1) is 11.3 Å². The summed E-state index contributed by atoms with van der Waals surface area (Å²) in [6.45, 7) is 0.345. The molecule has 0 saturated carbocycles. The molecule has 0 unspecified atom stereocenters. The largest absolute Gasteiger partial charge is 0.494 e. The number of aromatic nitrogens is 1. The molecule has 0 aliphatic carbocycles. The normalized spacial score (nSPS) is 10.2. The van der Waals surface area contributed by atoms with Crippen LogP contribution < -0.4 is 25.4 Å². The third kappa shape index (κ3) is 6.78. The van der Waals surface area contributed by atoms with E-state index in [-0.39, 0.29) is 30.6 Å². The van der Waals surface area contributed by atoms with Crippen LogP contribution in [0.3, 0.4) is 0 Å². The molecule has 0 fully saturated rings. The minimum absolute atomic E-state index is 0.0127. The lowest BCUT2D eigenvalue weighted by Crippen LogP contribution is -2.24. The minimum Gasteiger partial charge on any atom is -0.494 e. The molecular weight excluding hydrogens is 444 g/mol. The molecule has 172 valence electrons. The van der Waals surface area contributed by atoms with Gasteiger partial charge in [0.15, 0.2) is 0 Å². The average molecular weight is 469 g/mol. The Hall–Kier alpha value is -3.92. The molecule has 3 aromatic rings. The summed E-state index contributed by atoms with van der Waals surface area (Å²) in [6.07, 6.45) is 3.34. The van der Waals surface area contributed by atoms with Crippen molar-refractivity contribution in [3.63, 3.8) is 0 Å². The molecular formula is C23H24N4O5S. The van der Waals surface area contributed by atoms with Crippen molar-refractivity contribution >= 4 is 40.4 Å². The summed E-state index contributed by atoms with van der Waals surface area (Å²) >= 11 is 1.32. The van der Waals surface area contributed by atoms with Crippen LogP contribution in [0.15, 0.2) is 54.2 Å². The summed E-state index contributed by atoms with van der Waals surface area (Å²) in [5.74, 6) is -0.191. The fourth-order valence-corrected chi connectivity index (χ4v) is 3.54. The highest BCUT2D eigenvalue weighted by Crippen LogP contribution is 2.37. The molecule has 3 rings (SSSR count). The number of thiophene rings is 1. The fraction of sp³-hybridized carbons (Fsp3) is 0.217. The van der Waals surface area contributed by atoms with Crippen molar-refractivity contribution in [2.45, 2.75) is 19.4 Å². The van der Waals surface area contributed by atoms with Crippen LogP contribution in [0.1, 0.15) is 28.1 Å². The molecule has 0 aliphatic rings. The third-order valence-electron chi connectivity index (χ3n) is 4.58. The topological polar surface area (TPSA) is 119 Å². The number of methoxy groups -OCH3 is 2. The molecule has 0 atom stereocenters. The number of amides is 3. The zero-order chi connectivity index (χ0) is 23.6. The van der Waals surface area contributed by atoms with Crippen LogP contribution in [0, 0.1) is 0 Å². The zero-order valence-electron chi connectivity index (χ0n) is 18.2. The number of nitrogens with one attached hydrogen (secondary N) is 3. The number of nitrogens with zero attached hydrogens (tertiary/aromatic N) is 1. The molecule has 2 aromatic heterocycles. The smallest absolute Gasteiger partial charge is 0.265 e. The zero-order valence-corrected chi connectivity index (χ0v) is 19.0. The highest BCUT2D eigenvalue weighted by molar-refractivity contribution is 7.12. The van der Waals surface area contributed by atoms with Crippen molar-refractivity contribution in [2.24, 2.45) is 0 Å². The van der Waals surface area contributed by atoms with Gasteiger partial charge in [0.1, 0.15) is 11.5 Å². The predicted octanol–water partition coefficient (Wildman–Crippen LogP) is 3.45. The van der Waals surface area contributed by atoms with Crippen molar-refractivity contribution in [3.8, 4) is 11.5 Å². The molecule has 9 nitrogen and oxygen atoms in total. The summed E-state index contributed by atoms with van der Waals surface area (Å²) < 4.78 is 10.7. The molecule has 0 saturated heterocycles. The molecule has 3 amide bonds. The van der Waals surface area contributed by atoms with Crippen LogP contribution in [-0.4, -0.2) is 36.9 Å². The van der Waals surface area contributed by atoms with Gasteiger partial charge in [0, 0.05) is 43.9 Å². The van der Waals surface area contributed by atoms with Gasteiger partial charge >= 0.3 is 0 Å². The van der Waals surface area contributed by atoms with Gasteiger partial charge in [0.2, 0.25) is 11.8 Å². The highest BCUT2D eigenvalue weighted by Gasteiger charge is 2.17. The molecule has 0 radical (unpaired) electrons. The van der Waals surface area contributed by atoms with Crippen LogP contribution in [0.25, 0.3) is 0 Å². The van der Waals surface area contributed by atoms with E-state index in [2.05, 4.69) is 20.9 Å². The first-order valence-electron chi connectivity index (χ1n) is 10.1. The minimum atomic E-state index is -0.359. The molecule has 0 spiro atoms. The van der Waals surface area contributed by atoms with Gasteiger partial charge in [-0.05, 0) is 23.1 Å². The number of rotatable bonds is 10. The van der Waals surface area contributed by atoms with Gasteiger partial charge in [-0.25, -0.2) is 0 Å². The number of ether oxygens (including phenoxy) is 2. The number of hydrogen-bond acceptors (Lipinski definition) is 7. The number of carbonyl (C=O) groups excluding carboxylic acids is 3. The molecule has 1 aromatic carbocycles. The SMILES string of the molecule is COc1cc(NC(=O)c2cccs2)c(OC)cc1NC(=O)CCC(=O)NCc1cccnc1. The van der Waals surface area contributed by atoms with Gasteiger partial charge in [0.05, 0.1) is 30.5 Å². The van der Waals surface area contributed by atoms with Crippen LogP contribution >= 0.6 is 11.3 Å². The van der Waals surface area contributed by atoms with E-state index >= 15 is 0 Å². The third-order valence-corrected chi connectivity index (χ3v) is 5.45.